The van der Waals surface area contributed by atoms with E-state index in [-0.39, 0.29) is 18.6 Å². The summed E-state index contributed by atoms with van der Waals surface area (Å²) in [7, 11) is 0. The van der Waals surface area contributed by atoms with Gasteiger partial charge in [-0.25, -0.2) is 0 Å². The van der Waals surface area contributed by atoms with E-state index in [4.69, 9.17) is 16.7 Å². The Balaban J connectivity index is 2.84. The molecule has 5 heteroatoms. The summed E-state index contributed by atoms with van der Waals surface area (Å²) in [6.07, 6.45) is 0.551. The molecule has 0 aliphatic heterocycles. The molecule has 18 heavy (non-hydrogen) atoms. The summed E-state index contributed by atoms with van der Waals surface area (Å²) in [5, 5.41) is 12.3. The second-order valence-electron chi connectivity index (χ2n) is 3.96. The van der Waals surface area contributed by atoms with Crippen molar-refractivity contribution < 1.29 is 9.90 Å². The molecular formula is C13H18ClNO2S. The molecule has 0 saturated heterocycles. The van der Waals surface area contributed by atoms with E-state index in [1.807, 2.05) is 13.8 Å². The quantitative estimate of drug-likeness (QED) is 0.791. The van der Waals surface area contributed by atoms with Crippen LogP contribution in [0.4, 0.5) is 0 Å². The molecule has 1 rings (SSSR count). The maximum Gasteiger partial charge on any atom is 0.252 e. The first kappa shape index (κ1) is 15.3. The molecule has 100 valence electrons. The molecule has 2 N–H and O–H groups in total. The Morgan fingerprint density at radius 3 is 2.89 bits per heavy atom. The fourth-order valence-corrected chi connectivity index (χ4v) is 2.60. The standard InChI is InChI=1S/C13H18ClNO2S/c1-3-18-12-8-10(14)4-5-11(12)13(17)15-9(2)6-7-16/h4-5,8-9,16H,3,6-7H2,1-2H3,(H,15,17)/t9-/m1/s1. The zero-order valence-electron chi connectivity index (χ0n) is 10.6. The van der Waals surface area contributed by atoms with Gasteiger partial charge < -0.3 is 10.4 Å². The van der Waals surface area contributed by atoms with Crippen LogP contribution in [0.25, 0.3) is 0 Å². The van der Waals surface area contributed by atoms with Crippen molar-refractivity contribution in [2.45, 2.75) is 31.2 Å². The average Bonchev–Trinajstić information content (AvgIpc) is 2.29. The Hall–Kier alpha value is -0.710. The number of thioether (sulfide) groups is 1. The average molecular weight is 288 g/mol. The van der Waals surface area contributed by atoms with E-state index in [0.717, 1.165) is 10.6 Å². The predicted octanol–water partition coefficient (Wildman–Crippen LogP) is 2.95. The molecule has 0 spiro atoms. The van der Waals surface area contributed by atoms with Gasteiger partial charge in [0.05, 0.1) is 5.56 Å². The van der Waals surface area contributed by atoms with Crippen LogP contribution in [-0.2, 0) is 0 Å². The van der Waals surface area contributed by atoms with Gasteiger partial charge in [0.15, 0.2) is 0 Å². The monoisotopic (exact) mass is 287 g/mol. The van der Waals surface area contributed by atoms with Crippen LogP contribution in [0, 0.1) is 0 Å². The summed E-state index contributed by atoms with van der Waals surface area (Å²) < 4.78 is 0. The minimum Gasteiger partial charge on any atom is -0.396 e. The molecule has 0 radical (unpaired) electrons. The third-order valence-corrected chi connectivity index (χ3v) is 3.60. The smallest absolute Gasteiger partial charge is 0.252 e. The van der Waals surface area contributed by atoms with Gasteiger partial charge in [-0.3, -0.25) is 4.79 Å². The maximum absolute atomic E-state index is 12.1. The maximum atomic E-state index is 12.1. The topological polar surface area (TPSA) is 49.3 Å². The second-order valence-corrected chi connectivity index (χ2v) is 5.70. The number of amides is 1. The Bertz CT molecular complexity index is 412. The van der Waals surface area contributed by atoms with E-state index in [1.54, 1.807) is 30.0 Å². The van der Waals surface area contributed by atoms with Crippen molar-refractivity contribution in [1.82, 2.24) is 5.32 Å². The van der Waals surface area contributed by atoms with Crippen LogP contribution in [0.2, 0.25) is 5.02 Å². The Morgan fingerprint density at radius 2 is 2.28 bits per heavy atom. The van der Waals surface area contributed by atoms with E-state index in [0.29, 0.717) is 17.0 Å². The highest BCUT2D eigenvalue weighted by Crippen LogP contribution is 2.26. The predicted molar refractivity (Wildman–Crippen MR) is 76.5 cm³/mol. The second kappa shape index (κ2) is 7.67. The molecule has 0 heterocycles. The van der Waals surface area contributed by atoms with E-state index in [2.05, 4.69) is 5.32 Å². The Kier molecular flexibility index (Phi) is 6.54. The van der Waals surface area contributed by atoms with Crippen molar-refractivity contribution in [3.8, 4) is 0 Å². The normalized spacial score (nSPS) is 12.2. The summed E-state index contributed by atoms with van der Waals surface area (Å²) in [6, 6.07) is 5.22. The lowest BCUT2D eigenvalue weighted by atomic mass is 10.2. The molecule has 0 aliphatic carbocycles. The number of benzene rings is 1. The van der Waals surface area contributed by atoms with Crippen molar-refractivity contribution >= 4 is 29.3 Å². The number of aliphatic hydroxyl groups is 1. The van der Waals surface area contributed by atoms with E-state index < -0.39 is 0 Å². The highest BCUT2D eigenvalue weighted by molar-refractivity contribution is 7.99. The largest absolute Gasteiger partial charge is 0.396 e. The molecule has 1 aromatic rings. The van der Waals surface area contributed by atoms with Crippen LogP contribution in [0.15, 0.2) is 23.1 Å². The molecular weight excluding hydrogens is 270 g/mol. The summed E-state index contributed by atoms with van der Waals surface area (Å²) in [6.45, 7) is 3.97. The zero-order chi connectivity index (χ0) is 13.5. The van der Waals surface area contributed by atoms with Crippen LogP contribution in [-0.4, -0.2) is 29.4 Å². The zero-order valence-corrected chi connectivity index (χ0v) is 12.1. The fourth-order valence-electron chi connectivity index (χ4n) is 1.53. The molecule has 1 aromatic carbocycles. The first-order valence-corrected chi connectivity index (χ1v) is 7.29. The van der Waals surface area contributed by atoms with Gasteiger partial charge in [0.2, 0.25) is 0 Å². The molecule has 0 fully saturated rings. The van der Waals surface area contributed by atoms with Crippen molar-refractivity contribution in [3.63, 3.8) is 0 Å². The van der Waals surface area contributed by atoms with Gasteiger partial charge in [-0.2, -0.15) is 0 Å². The van der Waals surface area contributed by atoms with Crippen molar-refractivity contribution in [2.24, 2.45) is 0 Å². The van der Waals surface area contributed by atoms with Gasteiger partial charge in [0.1, 0.15) is 0 Å². The highest BCUT2D eigenvalue weighted by atomic mass is 35.5. The molecule has 0 aromatic heterocycles. The number of nitrogens with one attached hydrogen (secondary N) is 1. The Labute approximate surface area is 117 Å². The molecule has 0 saturated carbocycles. The summed E-state index contributed by atoms with van der Waals surface area (Å²) >= 11 is 7.52. The minimum absolute atomic E-state index is 0.0438. The molecule has 0 unspecified atom stereocenters. The summed E-state index contributed by atoms with van der Waals surface area (Å²) in [4.78, 5) is 13.0. The van der Waals surface area contributed by atoms with Gasteiger partial charge in [0, 0.05) is 22.6 Å². The lowest BCUT2D eigenvalue weighted by molar-refractivity contribution is 0.0931. The number of halogens is 1. The SMILES string of the molecule is CCSc1cc(Cl)ccc1C(=O)N[C@H](C)CCO. The van der Waals surface area contributed by atoms with Crippen LogP contribution in [0.1, 0.15) is 30.6 Å². The lowest BCUT2D eigenvalue weighted by Crippen LogP contribution is -2.33. The highest BCUT2D eigenvalue weighted by Gasteiger charge is 2.14. The van der Waals surface area contributed by atoms with Crippen molar-refractivity contribution in [1.29, 1.82) is 0 Å². The number of carbonyl (C=O) groups excluding carboxylic acids is 1. The molecule has 1 amide bonds. The number of hydrogen-bond donors (Lipinski definition) is 2. The van der Waals surface area contributed by atoms with Crippen molar-refractivity contribution in [2.75, 3.05) is 12.4 Å². The fraction of sp³-hybridized carbons (Fsp3) is 0.462. The summed E-state index contributed by atoms with van der Waals surface area (Å²) in [5.41, 5.74) is 0.635. The first-order chi connectivity index (χ1) is 8.58. The molecule has 1 atom stereocenters. The third kappa shape index (κ3) is 4.52. The molecule has 0 aliphatic rings. The van der Waals surface area contributed by atoms with Crippen LogP contribution >= 0.6 is 23.4 Å². The number of carbonyl (C=O) groups is 1. The van der Waals surface area contributed by atoms with Gasteiger partial charge in [-0.15, -0.1) is 11.8 Å². The molecule has 0 bridgehead atoms. The van der Waals surface area contributed by atoms with E-state index in [1.165, 1.54) is 0 Å². The summed E-state index contributed by atoms with van der Waals surface area (Å²) in [5.74, 6) is 0.760. The van der Waals surface area contributed by atoms with Gasteiger partial charge in [0.25, 0.3) is 5.91 Å². The van der Waals surface area contributed by atoms with Crippen LogP contribution < -0.4 is 5.32 Å². The van der Waals surface area contributed by atoms with E-state index in [9.17, 15) is 4.79 Å². The first-order valence-electron chi connectivity index (χ1n) is 5.92. The van der Waals surface area contributed by atoms with Crippen LogP contribution in [0.5, 0.6) is 0 Å². The van der Waals surface area contributed by atoms with E-state index >= 15 is 0 Å². The number of hydrogen-bond acceptors (Lipinski definition) is 3. The van der Waals surface area contributed by atoms with Gasteiger partial charge in [-0.05, 0) is 37.3 Å². The third-order valence-electron chi connectivity index (χ3n) is 2.43. The number of aliphatic hydroxyl groups excluding tert-OH is 1. The van der Waals surface area contributed by atoms with Crippen LogP contribution in [0.3, 0.4) is 0 Å². The number of rotatable bonds is 6. The lowest BCUT2D eigenvalue weighted by Gasteiger charge is -2.14. The minimum atomic E-state index is -0.122. The van der Waals surface area contributed by atoms with Gasteiger partial charge >= 0.3 is 0 Å². The van der Waals surface area contributed by atoms with Crippen molar-refractivity contribution in [3.05, 3.63) is 28.8 Å². The van der Waals surface area contributed by atoms with Gasteiger partial charge in [-0.1, -0.05) is 18.5 Å². The Morgan fingerprint density at radius 1 is 1.56 bits per heavy atom. The molecule has 3 nitrogen and oxygen atoms in total.